The fraction of sp³-hybridized carbons (Fsp3) is 0.263. The van der Waals surface area contributed by atoms with Gasteiger partial charge in [0.1, 0.15) is 0 Å². The molecule has 0 unspecified atom stereocenters. The molecule has 1 aromatic heterocycles. The van der Waals surface area contributed by atoms with Gasteiger partial charge in [0.15, 0.2) is 0 Å². The molecule has 0 radical (unpaired) electrons. The molecule has 0 fully saturated rings. The van der Waals surface area contributed by atoms with E-state index in [0.717, 1.165) is 19.6 Å². The summed E-state index contributed by atoms with van der Waals surface area (Å²) in [5, 5.41) is 1.35. The van der Waals surface area contributed by atoms with E-state index >= 15 is 0 Å². The Morgan fingerprint density at radius 3 is 2.24 bits per heavy atom. The molecule has 0 aliphatic heterocycles. The standard InChI is InChI=1S/C19H22N2/c1-3-20(4-2)14-16-15-21(17-10-6-5-7-11-17)19-13-9-8-12-18(16)19/h5-13,15H,3-4,14H2,1-2H3. The number of nitrogens with zero attached hydrogens (tertiary/aromatic N) is 2. The van der Waals surface area contributed by atoms with Crippen LogP contribution < -0.4 is 0 Å². The van der Waals surface area contributed by atoms with Crippen LogP contribution in [0, 0.1) is 0 Å². The van der Waals surface area contributed by atoms with Crippen LogP contribution in [0.4, 0.5) is 0 Å². The van der Waals surface area contributed by atoms with Gasteiger partial charge in [0.05, 0.1) is 5.52 Å². The summed E-state index contributed by atoms with van der Waals surface area (Å²) in [7, 11) is 0. The Morgan fingerprint density at radius 1 is 0.857 bits per heavy atom. The summed E-state index contributed by atoms with van der Waals surface area (Å²) in [6.07, 6.45) is 2.29. The maximum Gasteiger partial charge on any atom is 0.0531 e. The van der Waals surface area contributed by atoms with Crippen molar-refractivity contribution < 1.29 is 0 Å². The fourth-order valence-corrected chi connectivity index (χ4v) is 2.87. The zero-order chi connectivity index (χ0) is 14.7. The van der Waals surface area contributed by atoms with Gasteiger partial charge in [-0.05, 0) is 36.9 Å². The normalized spacial score (nSPS) is 11.4. The lowest BCUT2D eigenvalue weighted by Gasteiger charge is -2.17. The molecule has 2 nitrogen and oxygen atoms in total. The number of benzene rings is 2. The Hall–Kier alpha value is -2.06. The van der Waals surface area contributed by atoms with Crippen LogP contribution in [0.5, 0.6) is 0 Å². The van der Waals surface area contributed by atoms with Crippen LogP contribution in [0.1, 0.15) is 19.4 Å². The molecule has 108 valence electrons. The van der Waals surface area contributed by atoms with Crippen LogP contribution in [0.15, 0.2) is 60.8 Å². The molecule has 3 aromatic rings. The lowest BCUT2D eigenvalue weighted by atomic mass is 10.1. The molecule has 1 heterocycles. The summed E-state index contributed by atoms with van der Waals surface area (Å²) in [6.45, 7) is 7.62. The Balaban J connectivity index is 2.10. The van der Waals surface area contributed by atoms with E-state index in [2.05, 4.69) is 84.1 Å². The average Bonchev–Trinajstić information content (AvgIpc) is 2.92. The first-order valence-electron chi connectivity index (χ1n) is 7.70. The number of para-hydroxylation sites is 2. The molecule has 0 N–H and O–H groups in total. The van der Waals surface area contributed by atoms with Crippen LogP contribution >= 0.6 is 0 Å². The minimum atomic E-state index is 1.01. The van der Waals surface area contributed by atoms with Gasteiger partial charge in [-0.3, -0.25) is 4.90 Å². The number of aromatic nitrogens is 1. The molecule has 21 heavy (non-hydrogen) atoms. The average molecular weight is 278 g/mol. The van der Waals surface area contributed by atoms with E-state index in [1.807, 2.05) is 0 Å². The summed E-state index contributed by atoms with van der Waals surface area (Å²) in [4.78, 5) is 2.46. The lowest BCUT2D eigenvalue weighted by molar-refractivity contribution is 0.297. The van der Waals surface area contributed by atoms with E-state index in [4.69, 9.17) is 0 Å². The largest absolute Gasteiger partial charge is 0.316 e. The SMILES string of the molecule is CCN(CC)Cc1cn(-c2ccccc2)c2ccccc12. The second-order valence-electron chi connectivity index (χ2n) is 5.34. The van der Waals surface area contributed by atoms with Gasteiger partial charge in [0.25, 0.3) is 0 Å². The predicted molar refractivity (Wildman–Crippen MR) is 89.9 cm³/mol. The molecule has 0 saturated heterocycles. The first-order valence-corrected chi connectivity index (χ1v) is 7.70. The minimum Gasteiger partial charge on any atom is -0.316 e. The van der Waals surface area contributed by atoms with Crippen molar-refractivity contribution in [2.45, 2.75) is 20.4 Å². The highest BCUT2D eigenvalue weighted by Gasteiger charge is 2.11. The van der Waals surface area contributed by atoms with Gasteiger partial charge >= 0.3 is 0 Å². The zero-order valence-corrected chi connectivity index (χ0v) is 12.8. The molecule has 0 saturated carbocycles. The summed E-state index contributed by atoms with van der Waals surface area (Å²) in [5.41, 5.74) is 3.91. The summed E-state index contributed by atoms with van der Waals surface area (Å²) in [6, 6.07) is 19.2. The molecule has 0 spiro atoms. The second kappa shape index (κ2) is 6.15. The molecule has 0 bridgehead atoms. The monoisotopic (exact) mass is 278 g/mol. The van der Waals surface area contributed by atoms with E-state index in [-0.39, 0.29) is 0 Å². The van der Waals surface area contributed by atoms with Gasteiger partial charge in [0, 0.05) is 23.8 Å². The van der Waals surface area contributed by atoms with Gasteiger partial charge in [-0.15, -0.1) is 0 Å². The van der Waals surface area contributed by atoms with Gasteiger partial charge in [-0.25, -0.2) is 0 Å². The van der Waals surface area contributed by atoms with E-state index in [0.29, 0.717) is 0 Å². The van der Waals surface area contributed by atoms with Crippen LogP contribution in [-0.4, -0.2) is 22.6 Å². The highest BCUT2D eigenvalue weighted by atomic mass is 15.1. The van der Waals surface area contributed by atoms with Gasteiger partial charge in [-0.1, -0.05) is 50.2 Å². The third-order valence-electron chi connectivity index (χ3n) is 4.12. The molecule has 0 aliphatic rings. The smallest absolute Gasteiger partial charge is 0.0531 e. The fourth-order valence-electron chi connectivity index (χ4n) is 2.87. The van der Waals surface area contributed by atoms with Gasteiger partial charge in [0.2, 0.25) is 0 Å². The zero-order valence-electron chi connectivity index (χ0n) is 12.8. The van der Waals surface area contributed by atoms with Gasteiger partial charge in [-0.2, -0.15) is 0 Å². The molecule has 0 amide bonds. The molecular formula is C19H22N2. The molecule has 2 heteroatoms. The molecule has 0 atom stereocenters. The van der Waals surface area contributed by atoms with Crippen LogP contribution in [0.2, 0.25) is 0 Å². The summed E-state index contributed by atoms with van der Waals surface area (Å²) < 4.78 is 2.30. The number of rotatable bonds is 5. The Bertz CT molecular complexity index is 709. The van der Waals surface area contributed by atoms with Crippen LogP contribution in [0.25, 0.3) is 16.6 Å². The first-order chi connectivity index (χ1) is 10.3. The van der Waals surface area contributed by atoms with E-state index in [1.165, 1.54) is 22.2 Å². The van der Waals surface area contributed by atoms with Crippen molar-refractivity contribution in [1.82, 2.24) is 9.47 Å². The number of fused-ring (bicyclic) bond motifs is 1. The predicted octanol–water partition coefficient (Wildman–Crippen LogP) is 4.47. The molecular weight excluding hydrogens is 256 g/mol. The third kappa shape index (κ3) is 2.72. The maximum atomic E-state index is 2.46. The topological polar surface area (TPSA) is 8.17 Å². The third-order valence-corrected chi connectivity index (χ3v) is 4.12. The molecule has 0 aliphatic carbocycles. The quantitative estimate of drug-likeness (QED) is 0.668. The van der Waals surface area contributed by atoms with Crippen molar-refractivity contribution in [2.75, 3.05) is 13.1 Å². The Morgan fingerprint density at radius 2 is 1.52 bits per heavy atom. The highest BCUT2D eigenvalue weighted by Crippen LogP contribution is 2.25. The van der Waals surface area contributed by atoms with Crippen molar-refractivity contribution in [3.8, 4) is 5.69 Å². The van der Waals surface area contributed by atoms with Gasteiger partial charge < -0.3 is 4.57 Å². The van der Waals surface area contributed by atoms with Crippen molar-refractivity contribution in [3.63, 3.8) is 0 Å². The number of hydrogen-bond donors (Lipinski definition) is 0. The van der Waals surface area contributed by atoms with Crippen LogP contribution in [-0.2, 0) is 6.54 Å². The van der Waals surface area contributed by atoms with Crippen molar-refractivity contribution in [1.29, 1.82) is 0 Å². The Kier molecular flexibility index (Phi) is 4.07. The highest BCUT2D eigenvalue weighted by molar-refractivity contribution is 5.85. The summed E-state index contributed by atoms with van der Waals surface area (Å²) >= 11 is 0. The maximum absolute atomic E-state index is 2.46. The Labute approximate surface area is 126 Å². The minimum absolute atomic E-state index is 1.01. The lowest BCUT2D eigenvalue weighted by Crippen LogP contribution is -2.21. The van der Waals surface area contributed by atoms with Crippen LogP contribution in [0.3, 0.4) is 0 Å². The van der Waals surface area contributed by atoms with Crippen molar-refractivity contribution >= 4 is 10.9 Å². The van der Waals surface area contributed by atoms with E-state index in [9.17, 15) is 0 Å². The first kappa shape index (κ1) is 13.9. The number of hydrogen-bond acceptors (Lipinski definition) is 1. The second-order valence-corrected chi connectivity index (χ2v) is 5.34. The van der Waals surface area contributed by atoms with Crippen molar-refractivity contribution in [3.05, 3.63) is 66.4 Å². The van der Waals surface area contributed by atoms with E-state index < -0.39 is 0 Å². The van der Waals surface area contributed by atoms with Crippen molar-refractivity contribution in [2.24, 2.45) is 0 Å². The van der Waals surface area contributed by atoms with E-state index in [1.54, 1.807) is 0 Å². The summed E-state index contributed by atoms with van der Waals surface area (Å²) in [5.74, 6) is 0. The molecule has 3 rings (SSSR count). The molecule has 2 aromatic carbocycles.